The van der Waals surface area contributed by atoms with Gasteiger partial charge in [-0.2, -0.15) is 0 Å². The van der Waals surface area contributed by atoms with E-state index in [0.717, 1.165) is 0 Å². The van der Waals surface area contributed by atoms with Gasteiger partial charge in [0.05, 0.1) is 0 Å². The van der Waals surface area contributed by atoms with E-state index in [1.807, 2.05) is 12.1 Å². The van der Waals surface area contributed by atoms with Gasteiger partial charge in [0.25, 0.3) is 0 Å². The number of hydrogen-bond acceptors (Lipinski definition) is 1. The molecule has 0 aliphatic carbocycles. The summed E-state index contributed by atoms with van der Waals surface area (Å²) in [5.74, 6) is -0.846. The molecule has 0 aliphatic rings. The van der Waals surface area contributed by atoms with E-state index in [0.29, 0.717) is 5.56 Å². The Kier molecular flexibility index (Phi) is 3.58. The van der Waals surface area contributed by atoms with Crippen LogP contribution in [0.1, 0.15) is 17.3 Å². The number of hydrogen-bond donors (Lipinski definition) is 1. The first-order chi connectivity index (χ1) is 6.47. The minimum absolute atomic E-state index is 0.381. The summed E-state index contributed by atoms with van der Waals surface area (Å²) < 4.78 is 2.65. The summed E-state index contributed by atoms with van der Waals surface area (Å²) in [6, 6.07) is 7.41. The van der Waals surface area contributed by atoms with E-state index in [1.54, 1.807) is 12.1 Å². The fourth-order valence-corrected chi connectivity index (χ4v) is 5.48. The van der Waals surface area contributed by atoms with Crippen LogP contribution in [-0.2, 0) is 0 Å². The van der Waals surface area contributed by atoms with Crippen molar-refractivity contribution < 1.29 is 9.90 Å². The van der Waals surface area contributed by atoms with Crippen LogP contribution >= 0.6 is 0 Å². The van der Waals surface area contributed by atoms with E-state index in [-0.39, 0.29) is 0 Å². The molecule has 0 fully saturated rings. The molecule has 3 heteroatoms. The van der Waals surface area contributed by atoms with E-state index in [4.69, 9.17) is 5.11 Å². The summed E-state index contributed by atoms with van der Waals surface area (Å²) in [5, 5.41) is 8.75. The van der Waals surface area contributed by atoms with Crippen molar-refractivity contribution in [3.05, 3.63) is 29.8 Å². The van der Waals surface area contributed by atoms with Gasteiger partial charge in [0.2, 0.25) is 0 Å². The van der Waals surface area contributed by atoms with Crippen molar-refractivity contribution in [1.29, 1.82) is 0 Å². The summed E-state index contributed by atoms with van der Waals surface area (Å²) in [7, 11) is 0. The van der Waals surface area contributed by atoms with Gasteiger partial charge in [-0.1, -0.05) is 0 Å². The first-order valence-electron chi connectivity index (χ1n) is 4.81. The number of carboxylic acid groups (broad SMARTS) is 1. The summed E-state index contributed by atoms with van der Waals surface area (Å²) >= 11 is -2.03. The number of aromatic carboxylic acids is 1. The monoisotopic (exact) mass is 300 g/mol. The topological polar surface area (TPSA) is 37.3 Å². The van der Waals surface area contributed by atoms with Crippen LogP contribution in [0.5, 0.6) is 0 Å². The van der Waals surface area contributed by atoms with Crippen LogP contribution in [0.2, 0.25) is 14.3 Å². The maximum absolute atomic E-state index is 10.6. The fraction of sp³-hybridized carbons (Fsp3) is 0.364. The quantitative estimate of drug-likeness (QED) is 0.870. The molecule has 0 spiro atoms. The van der Waals surface area contributed by atoms with Crippen molar-refractivity contribution in [3.8, 4) is 0 Å². The number of carboxylic acids is 1. The summed E-state index contributed by atoms with van der Waals surface area (Å²) in [5.41, 5.74) is 0.381. The molecular weight excluding hydrogens is 283 g/mol. The molecule has 0 radical (unpaired) electrons. The van der Waals surface area contributed by atoms with Gasteiger partial charge in [0, 0.05) is 0 Å². The van der Waals surface area contributed by atoms with Gasteiger partial charge in [-0.3, -0.25) is 0 Å². The molecule has 0 amide bonds. The maximum atomic E-state index is 10.6. The van der Waals surface area contributed by atoms with Gasteiger partial charge >= 0.3 is 88.9 Å². The molecule has 1 N–H and O–H groups in total. The van der Waals surface area contributed by atoms with Gasteiger partial charge in [0.1, 0.15) is 0 Å². The zero-order valence-corrected chi connectivity index (χ0v) is 11.7. The second kappa shape index (κ2) is 4.34. The molecule has 0 saturated carbocycles. The molecule has 1 aromatic carbocycles. The molecule has 0 atom stereocenters. The molecule has 2 nitrogen and oxygen atoms in total. The molecule has 0 aromatic heterocycles. The van der Waals surface area contributed by atoms with Crippen molar-refractivity contribution in [2.24, 2.45) is 0 Å². The van der Waals surface area contributed by atoms with Gasteiger partial charge in [-0.15, -0.1) is 0 Å². The fourth-order valence-electron chi connectivity index (χ4n) is 1.27. The first kappa shape index (κ1) is 11.6. The Morgan fingerprint density at radius 1 is 1.29 bits per heavy atom. The van der Waals surface area contributed by atoms with Crippen molar-refractivity contribution in [1.82, 2.24) is 0 Å². The predicted octanol–water partition coefficient (Wildman–Crippen LogP) is 2.32. The zero-order chi connectivity index (χ0) is 10.8. The van der Waals surface area contributed by atoms with E-state index in [9.17, 15) is 4.79 Å². The van der Waals surface area contributed by atoms with Crippen LogP contribution in [0.15, 0.2) is 24.3 Å². The summed E-state index contributed by atoms with van der Waals surface area (Å²) in [6.45, 7) is 2.22. The zero-order valence-electron chi connectivity index (χ0n) is 8.87. The first-order valence-corrected chi connectivity index (χ1v) is 14.0. The van der Waals surface area contributed by atoms with Crippen LogP contribution in [0.4, 0.5) is 0 Å². The van der Waals surface area contributed by atoms with Crippen molar-refractivity contribution >= 4 is 27.9 Å². The van der Waals surface area contributed by atoms with Crippen LogP contribution in [-0.4, -0.2) is 29.5 Å². The predicted molar refractivity (Wildman–Crippen MR) is 61.0 cm³/mol. The molecule has 14 heavy (non-hydrogen) atoms. The molecule has 76 valence electrons. The Morgan fingerprint density at radius 3 is 2.14 bits per heavy atom. The van der Waals surface area contributed by atoms with E-state index in [2.05, 4.69) is 16.8 Å². The molecule has 0 heterocycles. The third-order valence-electron chi connectivity index (χ3n) is 2.80. The Hall–Kier alpha value is -0.511. The van der Waals surface area contributed by atoms with Crippen molar-refractivity contribution in [2.45, 2.75) is 21.2 Å². The molecule has 1 rings (SSSR count). The number of benzene rings is 1. The summed E-state index contributed by atoms with van der Waals surface area (Å²) in [4.78, 5) is 15.4. The molecule has 0 aliphatic heterocycles. The van der Waals surface area contributed by atoms with E-state index < -0.39 is 24.3 Å². The summed E-state index contributed by atoms with van der Waals surface area (Å²) in [6.07, 6.45) is 0. The Balaban J connectivity index is 2.99. The number of rotatable bonds is 3. The molecule has 0 bridgehead atoms. The van der Waals surface area contributed by atoms with Crippen LogP contribution in [0.25, 0.3) is 0 Å². The molecule has 1 aromatic rings. The molecule has 0 unspecified atom stereocenters. The Bertz CT molecular complexity index is 328. The Morgan fingerprint density at radius 2 is 1.79 bits per heavy atom. The van der Waals surface area contributed by atoms with Gasteiger partial charge in [-0.05, 0) is 0 Å². The van der Waals surface area contributed by atoms with Crippen molar-refractivity contribution in [3.63, 3.8) is 0 Å². The second-order valence-electron chi connectivity index (χ2n) is 4.12. The van der Waals surface area contributed by atoms with E-state index in [1.165, 1.54) is 8.02 Å². The van der Waals surface area contributed by atoms with Crippen molar-refractivity contribution in [2.75, 3.05) is 0 Å². The van der Waals surface area contributed by atoms with Gasteiger partial charge in [0.15, 0.2) is 0 Å². The van der Waals surface area contributed by atoms with E-state index >= 15 is 0 Å². The van der Waals surface area contributed by atoms with Gasteiger partial charge < -0.3 is 0 Å². The average Bonchev–Trinajstić information content (AvgIpc) is 2.18. The SMILES string of the molecule is C[CH2][Sn]([CH3])([CH3])[c]1ccc(C(=O)O)cc1. The average molecular weight is 299 g/mol. The minimum atomic E-state index is -2.03. The van der Waals surface area contributed by atoms with Crippen LogP contribution in [0.3, 0.4) is 0 Å². The normalized spacial score (nSPS) is 11.4. The third-order valence-corrected chi connectivity index (χ3v) is 13.3. The third kappa shape index (κ3) is 2.50. The Labute approximate surface area is 88.8 Å². The molecule has 0 saturated heterocycles. The van der Waals surface area contributed by atoms with Crippen LogP contribution in [0, 0.1) is 0 Å². The standard InChI is InChI=1S/C7H5O2.C2H5.2CH3.Sn/c8-7(9)6-4-2-1-3-5-6;1-2;;;/h2-5H,(H,8,9);1H2,2H3;2*1H3;. The second-order valence-corrected chi connectivity index (χ2v) is 18.5. The molecular formula is C11H16O2Sn. The number of carbonyl (C=O) groups is 1. The van der Waals surface area contributed by atoms with Gasteiger partial charge in [-0.25, -0.2) is 0 Å². The van der Waals surface area contributed by atoms with Crippen LogP contribution < -0.4 is 3.58 Å².